The lowest BCUT2D eigenvalue weighted by atomic mass is 10.2. The highest BCUT2D eigenvalue weighted by Gasteiger charge is 2.09. The van der Waals surface area contributed by atoms with Crippen molar-refractivity contribution in [2.24, 2.45) is 0 Å². The van der Waals surface area contributed by atoms with E-state index in [0.717, 1.165) is 21.0 Å². The lowest BCUT2D eigenvalue weighted by Crippen LogP contribution is -2.07. The summed E-state index contributed by atoms with van der Waals surface area (Å²) in [7, 11) is 1.57. The molecule has 2 aromatic heterocycles. The Kier molecular flexibility index (Phi) is 7.16. The van der Waals surface area contributed by atoms with Crippen molar-refractivity contribution in [1.29, 1.82) is 0 Å². The Morgan fingerprint density at radius 2 is 1.97 bits per heavy atom. The van der Waals surface area contributed by atoms with Crippen molar-refractivity contribution in [1.82, 2.24) is 10.2 Å². The van der Waals surface area contributed by atoms with Crippen LogP contribution in [0, 0.1) is 0 Å². The molecule has 4 rings (SSSR count). The highest BCUT2D eigenvalue weighted by molar-refractivity contribution is 7.23. The van der Waals surface area contributed by atoms with Crippen molar-refractivity contribution in [3.8, 4) is 21.4 Å². The fraction of sp³-hybridized carbons (Fsp3) is 0.0870. The molecule has 0 atom stereocenters. The Bertz CT molecular complexity index is 1220. The van der Waals surface area contributed by atoms with E-state index in [2.05, 4.69) is 15.5 Å². The van der Waals surface area contributed by atoms with Crippen LogP contribution in [0.4, 0.5) is 5.13 Å². The Morgan fingerprint density at radius 3 is 2.72 bits per heavy atom. The van der Waals surface area contributed by atoms with Crippen LogP contribution < -0.4 is 14.8 Å². The first-order valence-corrected chi connectivity index (χ1v) is 11.6. The maximum atomic E-state index is 12.3. The minimum Gasteiger partial charge on any atom is -0.493 e. The lowest BCUT2D eigenvalue weighted by molar-refractivity contribution is -0.111. The van der Waals surface area contributed by atoms with E-state index in [1.165, 1.54) is 17.4 Å². The summed E-state index contributed by atoms with van der Waals surface area (Å²) >= 11 is 8.82. The van der Waals surface area contributed by atoms with Gasteiger partial charge in [0.25, 0.3) is 0 Å². The predicted octanol–water partition coefficient (Wildman–Crippen LogP) is 6.16. The van der Waals surface area contributed by atoms with Gasteiger partial charge in [-0.15, -0.1) is 21.5 Å². The molecule has 0 aliphatic heterocycles. The molecule has 6 nitrogen and oxygen atoms in total. The van der Waals surface area contributed by atoms with Crippen molar-refractivity contribution in [2.75, 3.05) is 12.4 Å². The SMILES string of the molecule is COc1cc(/C=C/C(=O)Nc2nnc(-c3cccs3)s2)ccc1OCc1ccc(Cl)cc1. The van der Waals surface area contributed by atoms with E-state index in [1.54, 1.807) is 30.6 Å². The predicted molar refractivity (Wildman–Crippen MR) is 130 cm³/mol. The van der Waals surface area contributed by atoms with Gasteiger partial charge in [-0.3, -0.25) is 10.1 Å². The van der Waals surface area contributed by atoms with Crippen LogP contribution in [-0.4, -0.2) is 23.2 Å². The quantitative estimate of drug-likeness (QED) is 0.304. The maximum absolute atomic E-state index is 12.3. The van der Waals surface area contributed by atoms with Gasteiger partial charge in [0, 0.05) is 11.1 Å². The van der Waals surface area contributed by atoms with Gasteiger partial charge in [-0.25, -0.2) is 0 Å². The van der Waals surface area contributed by atoms with E-state index in [1.807, 2.05) is 53.9 Å². The molecule has 9 heteroatoms. The van der Waals surface area contributed by atoms with Crippen LogP contribution in [0.15, 0.2) is 66.1 Å². The Morgan fingerprint density at radius 1 is 1.12 bits per heavy atom. The molecule has 2 heterocycles. The van der Waals surface area contributed by atoms with Gasteiger partial charge >= 0.3 is 0 Å². The summed E-state index contributed by atoms with van der Waals surface area (Å²) in [5.74, 6) is 0.895. The number of anilines is 1. The molecule has 0 spiro atoms. The number of rotatable bonds is 8. The van der Waals surface area contributed by atoms with Crippen molar-refractivity contribution in [3.05, 3.63) is 82.2 Å². The summed E-state index contributed by atoms with van der Waals surface area (Å²) in [6.07, 6.45) is 3.14. The van der Waals surface area contributed by atoms with Crippen LogP contribution in [0.2, 0.25) is 5.02 Å². The molecule has 0 saturated carbocycles. The van der Waals surface area contributed by atoms with E-state index >= 15 is 0 Å². The lowest BCUT2D eigenvalue weighted by Gasteiger charge is -2.11. The number of ether oxygens (including phenoxy) is 2. The zero-order chi connectivity index (χ0) is 22.3. The molecular formula is C23H18ClN3O3S2. The molecule has 0 unspecified atom stereocenters. The van der Waals surface area contributed by atoms with Gasteiger partial charge in [0.15, 0.2) is 16.5 Å². The Balaban J connectivity index is 1.36. The topological polar surface area (TPSA) is 73.3 Å². The van der Waals surface area contributed by atoms with E-state index in [-0.39, 0.29) is 5.91 Å². The van der Waals surface area contributed by atoms with Crippen molar-refractivity contribution < 1.29 is 14.3 Å². The number of amides is 1. The summed E-state index contributed by atoms with van der Waals surface area (Å²) in [5.41, 5.74) is 1.79. The van der Waals surface area contributed by atoms with Gasteiger partial charge in [0.1, 0.15) is 6.61 Å². The first kappa shape index (κ1) is 22.0. The Hall–Kier alpha value is -3.20. The van der Waals surface area contributed by atoms with Crippen molar-refractivity contribution in [2.45, 2.75) is 6.61 Å². The third kappa shape index (κ3) is 5.73. The molecule has 0 fully saturated rings. The Labute approximate surface area is 198 Å². The van der Waals surface area contributed by atoms with E-state index in [0.29, 0.717) is 28.3 Å². The molecule has 1 amide bonds. The molecule has 162 valence electrons. The molecule has 0 aliphatic rings. The van der Waals surface area contributed by atoms with E-state index in [9.17, 15) is 4.79 Å². The molecule has 1 N–H and O–H groups in total. The smallest absolute Gasteiger partial charge is 0.250 e. The maximum Gasteiger partial charge on any atom is 0.250 e. The number of methoxy groups -OCH3 is 1. The third-order valence-corrected chi connectivity index (χ3v) is 6.44. The zero-order valence-corrected chi connectivity index (χ0v) is 19.3. The molecule has 0 radical (unpaired) electrons. The average molecular weight is 484 g/mol. The second-order valence-corrected chi connectivity index (χ2v) is 8.90. The molecule has 4 aromatic rings. The number of carbonyl (C=O) groups excluding carboxylic acids is 1. The number of nitrogens with one attached hydrogen (secondary N) is 1. The normalized spacial score (nSPS) is 10.9. The van der Waals surface area contributed by atoms with Gasteiger partial charge < -0.3 is 9.47 Å². The first-order chi connectivity index (χ1) is 15.6. The van der Waals surface area contributed by atoms with Gasteiger partial charge in [0.2, 0.25) is 11.0 Å². The summed E-state index contributed by atoms with van der Waals surface area (Å²) in [6, 6.07) is 16.8. The molecule has 0 aliphatic carbocycles. The summed E-state index contributed by atoms with van der Waals surface area (Å²) in [4.78, 5) is 13.3. The van der Waals surface area contributed by atoms with Crippen LogP contribution in [0.1, 0.15) is 11.1 Å². The number of benzene rings is 2. The number of nitrogens with zero attached hydrogens (tertiary/aromatic N) is 2. The largest absolute Gasteiger partial charge is 0.493 e. The standard InChI is InChI=1S/C23H18ClN3O3S2/c1-29-19-13-15(6-10-18(19)30-14-16-4-8-17(24)9-5-16)7-11-21(28)25-23-27-26-22(32-23)20-3-2-12-31-20/h2-13H,14H2,1H3,(H,25,27,28)/b11-7+. The first-order valence-electron chi connectivity index (χ1n) is 9.52. The number of carbonyl (C=O) groups is 1. The minimum absolute atomic E-state index is 0.291. The summed E-state index contributed by atoms with van der Waals surface area (Å²) in [6.45, 7) is 0.389. The number of halogens is 1. The van der Waals surface area contributed by atoms with Crippen LogP contribution in [0.25, 0.3) is 16.0 Å². The minimum atomic E-state index is -0.291. The number of aromatic nitrogens is 2. The monoisotopic (exact) mass is 483 g/mol. The highest BCUT2D eigenvalue weighted by atomic mass is 35.5. The molecule has 0 saturated heterocycles. The zero-order valence-electron chi connectivity index (χ0n) is 16.9. The molecule has 32 heavy (non-hydrogen) atoms. The number of hydrogen-bond donors (Lipinski definition) is 1. The van der Waals surface area contributed by atoms with Crippen LogP contribution in [0.5, 0.6) is 11.5 Å². The molecular weight excluding hydrogens is 466 g/mol. The van der Waals surface area contributed by atoms with Crippen molar-refractivity contribution >= 4 is 51.4 Å². The van der Waals surface area contributed by atoms with Gasteiger partial charge in [-0.2, -0.15) is 0 Å². The highest BCUT2D eigenvalue weighted by Crippen LogP contribution is 2.31. The second kappa shape index (κ2) is 10.4. The fourth-order valence-corrected chi connectivity index (χ4v) is 4.41. The number of hydrogen-bond acceptors (Lipinski definition) is 7. The van der Waals surface area contributed by atoms with Gasteiger partial charge in [-0.05, 0) is 52.9 Å². The van der Waals surface area contributed by atoms with Crippen LogP contribution in [0.3, 0.4) is 0 Å². The summed E-state index contributed by atoms with van der Waals surface area (Å²) in [5, 5.41) is 14.7. The second-order valence-electron chi connectivity index (χ2n) is 6.54. The summed E-state index contributed by atoms with van der Waals surface area (Å²) < 4.78 is 11.3. The van der Waals surface area contributed by atoms with Crippen LogP contribution in [-0.2, 0) is 11.4 Å². The molecule has 2 aromatic carbocycles. The number of thiophene rings is 1. The average Bonchev–Trinajstić information content (AvgIpc) is 3.50. The van der Waals surface area contributed by atoms with Gasteiger partial charge in [0.05, 0.1) is 12.0 Å². The fourth-order valence-electron chi connectivity index (χ4n) is 2.74. The molecule has 0 bridgehead atoms. The van der Waals surface area contributed by atoms with E-state index < -0.39 is 0 Å². The van der Waals surface area contributed by atoms with Crippen molar-refractivity contribution in [3.63, 3.8) is 0 Å². The van der Waals surface area contributed by atoms with E-state index in [4.69, 9.17) is 21.1 Å². The third-order valence-electron chi connectivity index (χ3n) is 4.31. The van der Waals surface area contributed by atoms with Crippen LogP contribution >= 0.6 is 34.3 Å². The van der Waals surface area contributed by atoms with Gasteiger partial charge in [-0.1, -0.05) is 47.2 Å².